The van der Waals surface area contributed by atoms with E-state index in [2.05, 4.69) is 75.3 Å². The first kappa shape index (κ1) is 24.8. The largest absolute Gasteiger partial charge is 0.376 e. The second kappa shape index (κ2) is 10.3. The number of aromatic nitrogens is 5. The molecule has 4 heterocycles. The summed E-state index contributed by atoms with van der Waals surface area (Å²) >= 11 is 0. The van der Waals surface area contributed by atoms with Crippen molar-refractivity contribution in [2.45, 2.75) is 52.3 Å². The maximum Gasteiger partial charge on any atom is 0.253 e. The fourth-order valence-corrected chi connectivity index (χ4v) is 5.84. The van der Waals surface area contributed by atoms with E-state index in [1.807, 2.05) is 22.9 Å². The minimum absolute atomic E-state index is 0.0941. The highest BCUT2D eigenvalue weighted by atomic mass is 16.5. The van der Waals surface area contributed by atoms with Gasteiger partial charge in [0.05, 0.1) is 12.6 Å². The van der Waals surface area contributed by atoms with Crippen LogP contribution in [0.2, 0.25) is 0 Å². The van der Waals surface area contributed by atoms with Crippen LogP contribution in [0.5, 0.6) is 0 Å². The molecule has 2 aliphatic rings. The van der Waals surface area contributed by atoms with Gasteiger partial charge in [0.1, 0.15) is 6.04 Å². The number of nitrogens with zero attached hydrogens (tertiary/aromatic N) is 6. The van der Waals surface area contributed by atoms with E-state index in [1.165, 1.54) is 16.8 Å². The highest BCUT2D eigenvalue weighted by Gasteiger charge is 2.33. The van der Waals surface area contributed by atoms with Crippen molar-refractivity contribution in [2.75, 3.05) is 37.7 Å². The smallest absolute Gasteiger partial charge is 0.253 e. The van der Waals surface area contributed by atoms with Crippen LogP contribution in [-0.2, 0) is 11.3 Å². The number of anilines is 1. The highest BCUT2D eigenvalue weighted by molar-refractivity contribution is 5.79. The van der Waals surface area contributed by atoms with Crippen LogP contribution < -0.4 is 10.5 Å². The van der Waals surface area contributed by atoms with Gasteiger partial charge in [0.2, 0.25) is 0 Å². The first-order chi connectivity index (χ1) is 18.5. The molecule has 6 rings (SSSR count). The number of nitrogens with one attached hydrogen (secondary N) is 1. The van der Waals surface area contributed by atoms with E-state index < -0.39 is 0 Å². The van der Waals surface area contributed by atoms with E-state index in [-0.39, 0.29) is 17.7 Å². The number of H-pyrrole nitrogens is 1. The number of hydrogen-bond acceptors (Lipinski definition) is 7. The first-order valence-electron chi connectivity index (χ1n) is 13.5. The number of pyridine rings is 1. The quantitative estimate of drug-likeness (QED) is 0.422. The summed E-state index contributed by atoms with van der Waals surface area (Å²) in [6.07, 6.45) is 2.14. The maximum atomic E-state index is 13.5. The fraction of sp³-hybridized carbons (Fsp3) is 0.448. The lowest BCUT2D eigenvalue weighted by atomic mass is 10.0. The van der Waals surface area contributed by atoms with Gasteiger partial charge in [0.15, 0.2) is 5.82 Å². The van der Waals surface area contributed by atoms with Gasteiger partial charge in [-0.1, -0.05) is 23.8 Å². The number of ether oxygens (including phenoxy) is 1. The SMILES string of the molecule is Cc1ccc(C)c(N2CCN(C(c3cc4cc(C)ccc4[nH]c3=O)c3nnnn3CC3CCCO3)CC2)c1. The minimum Gasteiger partial charge on any atom is -0.376 e. The number of hydrogen-bond donors (Lipinski definition) is 1. The van der Waals surface area contributed by atoms with Crippen LogP contribution in [-0.4, -0.2) is 69.0 Å². The Bertz CT molecular complexity index is 1500. The summed E-state index contributed by atoms with van der Waals surface area (Å²) in [6, 6.07) is 14.4. The number of aryl methyl sites for hydroxylation is 3. The molecule has 38 heavy (non-hydrogen) atoms. The number of aromatic amines is 1. The molecular formula is C29H35N7O2. The summed E-state index contributed by atoms with van der Waals surface area (Å²) in [7, 11) is 0. The van der Waals surface area contributed by atoms with Crippen molar-refractivity contribution in [2.24, 2.45) is 0 Å². The van der Waals surface area contributed by atoms with Crippen LogP contribution in [0, 0.1) is 20.8 Å². The van der Waals surface area contributed by atoms with Gasteiger partial charge < -0.3 is 14.6 Å². The number of piperazine rings is 1. The molecule has 0 aliphatic carbocycles. The average molecular weight is 514 g/mol. The zero-order valence-electron chi connectivity index (χ0n) is 22.4. The molecule has 4 aromatic rings. The molecule has 198 valence electrons. The number of benzene rings is 2. The topological polar surface area (TPSA) is 92.2 Å². The molecule has 9 nitrogen and oxygen atoms in total. The zero-order valence-corrected chi connectivity index (χ0v) is 22.4. The van der Waals surface area contributed by atoms with Crippen LogP contribution in [0.15, 0.2) is 47.3 Å². The van der Waals surface area contributed by atoms with E-state index in [1.54, 1.807) is 0 Å². The molecular weight excluding hydrogens is 478 g/mol. The second-order valence-corrected chi connectivity index (χ2v) is 10.7. The van der Waals surface area contributed by atoms with Crippen LogP contribution >= 0.6 is 0 Å². The molecule has 0 spiro atoms. The van der Waals surface area contributed by atoms with Gasteiger partial charge in [-0.3, -0.25) is 9.69 Å². The van der Waals surface area contributed by atoms with Crippen molar-refractivity contribution in [1.29, 1.82) is 0 Å². The molecule has 0 radical (unpaired) electrons. The lowest BCUT2D eigenvalue weighted by Crippen LogP contribution is -2.49. The summed E-state index contributed by atoms with van der Waals surface area (Å²) in [5.74, 6) is 0.693. The molecule has 9 heteroatoms. The fourth-order valence-electron chi connectivity index (χ4n) is 5.84. The Morgan fingerprint density at radius 2 is 1.82 bits per heavy atom. The summed E-state index contributed by atoms with van der Waals surface area (Å²) in [5, 5.41) is 13.9. The number of fused-ring (bicyclic) bond motifs is 1. The summed E-state index contributed by atoms with van der Waals surface area (Å²) < 4.78 is 7.73. The average Bonchev–Trinajstić information content (AvgIpc) is 3.60. The standard InChI is InChI=1S/C29H35N7O2/c1-19-7-9-25-22(15-19)17-24(29(37)30-25)27(28-31-32-33-36(28)18-23-5-4-14-38-23)35-12-10-34(11-13-35)26-16-20(2)6-8-21(26)3/h6-9,15-17,23,27H,4-5,10-14,18H2,1-3H3,(H,30,37). The molecule has 0 amide bonds. The van der Waals surface area contributed by atoms with Crippen LogP contribution in [0.4, 0.5) is 5.69 Å². The number of rotatable bonds is 6. The normalized spacial score (nSPS) is 19.3. The molecule has 2 aliphatic heterocycles. The third kappa shape index (κ3) is 4.83. The van der Waals surface area contributed by atoms with Gasteiger partial charge in [-0.2, -0.15) is 0 Å². The van der Waals surface area contributed by atoms with E-state index in [0.29, 0.717) is 17.9 Å². The van der Waals surface area contributed by atoms with Crippen molar-refractivity contribution >= 4 is 16.6 Å². The molecule has 2 unspecified atom stereocenters. The Kier molecular flexibility index (Phi) is 6.71. The van der Waals surface area contributed by atoms with E-state index in [0.717, 1.165) is 62.1 Å². The zero-order chi connectivity index (χ0) is 26.2. The molecule has 2 fully saturated rings. The molecule has 2 aromatic carbocycles. The van der Waals surface area contributed by atoms with Gasteiger partial charge in [-0.15, -0.1) is 5.10 Å². The Morgan fingerprint density at radius 3 is 2.61 bits per heavy atom. The molecule has 1 N–H and O–H groups in total. The van der Waals surface area contributed by atoms with Gasteiger partial charge in [0, 0.05) is 49.6 Å². The predicted molar refractivity (Wildman–Crippen MR) is 148 cm³/mol. The van der Waals surface area contributed by atoms with Crippen molar-refractivity contribution in [3.63, 3.8) is 0 Å². The minimum atomic E-state index is -0.360. The van der Waals surface area contributed by atoms with Gasteiger partial charge >= 0.3 is 0 Å². The maximum absolute atomic E-state index is 13.5. The summed E-state index contributed by atoms with van der Waals surface area (Å²) in [6.45, 7) is 11.0. The third-order valence-electron chi connectivity index (χ3n) is 7.91. The lowest BCUT2D eigenvalue weighted by Gasteiger charge is -2.40. The summed E-state index contributed by atoms with van der Waals surface area (Å²) in [4.78, 5) is 21.4. The van der Waals surface area contributed by atoms with Crippen LogP contribution in [0.3, 0.4) is 0 Å². The second-order valence-electron chi connectivity index (χ2n) is 10.7. The van der Waals surface area contributed by atoms with Gasteiger partial charge in [-0.05, 0) is 84.8 Å². The molecule has 2 atom stereocenters. The van der Waals surface area contributed by atoms with Crippen molar-refractivity contribution in [3.05, 3.63) is 80.9 Å². The monoisotopic (exact) mass is 513 g/mol. The first-order valence-corrected chi connectivity index (χ1v) is 13.5. The highest BCUT2D eigenvalue weighted by Crippen LogP contribution is 2.30. The van der Waals surface area contributed by atoms with Crippen molar-refractivity contribution in [1.82, 2.24) is 30.1 Å². The van der Waals surface area contributed by atoms with Crippen LogP contribution in [0.1, 0.15) is 47.0 Å². The van der Waals surface area contributed by atoms with Crippen molar-refractivity contribution < 1.29 is 4.74 Å². The van der Waals surface area contributed by atoms with E-state index >= 15 is 0 Å². The Balaban J connectivity index is 1.37. The molecule has 2 saturated heterocycles. The molecule has 0 bridgehead atoms. The summed E-state index contributed by atoms with van der Waals surface area (Å²) in [5.41, 5.74) is 6.38. The van der Waals surface area contributed by atoms with E-state index in [4.69, 9.17) is 4.74 Å². The van der Waals surface area contributed by atoms with Crippen molar-refractivity contribution in [3.8, 4) is 0 Å². The van der Waals surface area contributed by atoms with Crippen LogP contribution in [0.25, 0.3) is 10.9 Å². The molecule has 0 saturated carbocycles. The Labute approximate surface area is 222 Å². The van der Waals surface area contributed by atoms with E-state index in [9.17, 15) is 4.79 Å². The predicted octanol–water partition coefficient (Wildman–Crippen LogP) is 3.53. The Morgan fingerprint density at radius 1 is 1.03 bits per heavy atom. The van der Waals surface area contributed by atoms with Gasteiger partial charge in [-0.25, -0.2) is 4.68 Å². The third-order valence-corrected chi connectivity index (χ3v) is 7.91. The van der Waals surface area contributed by atoms with Gasteiger partial charge in [0.25, 0.3) is 5.56 Å². The lowest BCUT2D eigenvalue weighted by molar-refractivity contribution is 0.0906. The number of tetrazole rings is 1. The Hall–Kier alpha value is -3.56. The molecule has 2 aromatic heterocycles.